The molecule has 4 amide bonds. The van der Waals surface area contributed by atoms with Crippen LogP contribution in [0.3, 0.4) is 0 Å². The number of amides is 4. The number of hydrogen-bond acceptors (Lipinski definition) is 5. The van der Waals surface area contributed by atoms with Crippen LogP contribution in [0.25, 0.3) is 0 Å². The zero-order chi connectivity index (χ0) is 31.3. The zero-order valence-electron chi connectivity index (χ0n) is 25.6. The number of carbonyl (C=O) groups excluding carboxylic acids is 3. The van der Waals surface area contributed by atoms with E-state index in [1.807, 2.05) is 60.7 Å². The van der Waals surface area contributed by atoms with Gasteiger partial charge in [0.05, 0.1) is 0 Å². The van der Waals surface area contributed by atoms with Gasteiger partial charge < -0.3 is 25.8 Å². The number of nitrogens with zero attached hydrogens (tertiary/aromatic N) is 1. The normalized spacial score (nSPS) is 12.9. The summed E-state index contributed by atoms with van der Waals surface area (Å²) in [6, 6.07) is 17.0. The SMILES string of the molecule is CC(C)(C)OC(=O)N[C@@H](Cc1ccccc1)C(=O)NCCCCNC(=O)[C@H](Cc1ccccc1)N(C(=O)O)C(C)(C)C. The summed E-state index contributed by atoms with van der Waals surface area (Å²) in [5.74, 6) is -0.705. The fourth-order valence-electron chi connectivity index (χ4n) is 4.45. The van der Waals surface area contributed by atoms with Crippen molar-refractivity contribution in [3.05, 3.63) is 71.8 Å². The number of unbranched alkanes of at least 4 members (excludes halogenated alkanes) is 1. The van der Waals surface area contributed by atoms with Crippen LogP contribution in [-0.4, -0.2) is 70.3 Å². The Morgan fingerprint density at radius 2 is 1.24 bits per heavy atom. The Balaban J connectivity index is 1.92. The van der Waals surface area contributed by atoms with E-state index in [-0.39, 0.29) is 18.2 Å². The molecule has 2 aromatic carbocycles. The quantitative estimate of drug-likeness (QED) is 0.256. The van der Waals surface area contributed by atoms with E-state index in [0.29, 0.717) is 32.4 Å². The van der Waals surface area contributed by atoms with Crippen molar-refractivity contribution in [1.29, 1.82) is 0 Å². The summed E-state index contributed by atoms with van der Waals surface area (Å²) in [5, 5.41) is 18.3. The lowest BCUT2D eigenvalue weighted by molar-refractivity contribution is -0.127. The second-order valence-electron chi connectivity index (χ2n) is 12.2. The maximum Gasteiger partial charge on any atom is 0.408 e. The molecule has 0 fully saturated rings. The first kappa shape index (κ1) is 34.1. The van der Waals surface area contributed by atoms with Crippen molar-refractivity contribution in [2.45, 2.75) is 90.4 Å². The zero-order valence-corrected chi connectivity index (χ0v) is 25.6. The molecule has 4 N–H and O–H groups in total. The molecule has 0 aliphatic heterocycles. The molecular weight excluding hydrogens is 536 g/mol. The monoisotopic (exact) mass is 582 g/mol. The van der Waals surface area contributed by atoms with Gasteiger partial charge >= 0.3 is 12.2 Å². The average molecular weight is 583 g/mol. The summed E-state index contributed by atoms with van der Waals surface area (Å²) in [6.07, 6.45) is -0.140. The number of carbonyl (C=O) groups is 4. The van der Waals surface area contributed by atoms with Gasteiger partial charge in [0.15, 0.2) is 0 Å². The third-order valence-corrected chi connectivity index (χ3v) is 6.31. The van der Waals surface area contributed by atoms with Gasteiger partial charge in [0, 0.05) is 31.5 Å². The van der Waals surface area contributed by atoms with Gasteiger partial charge in [-0.3, -0.25) is 14.5 Å². The second-order valence-corrected chi connectivity index (χ2v) is 12.2. The largest absolute Gasteiger partial charge is 0.465 e. The molecule has 0 spiro atoms. The highest BCUT2D eigenvalue weighted by atomic mass is 16.6. The van der Waals surface area contributed by atoms with Crippen LogP contribution >= 0.6 is 0 Å². The summed E-state index contributed by atoms with van der Waals surface area (Å²) in [4.78, 5) is 51.9. The molecule has 0 saturated heterocycles. The van der Waals surface area contributed by atoms with Crippen LogP contribution in [0.1, 0.15) is 65.5 Å². The third-order valence-electron chi connectivity index (χ3n) is 6.31. The first-order chi connectivity index (χ1) is 19.7. The van der Waals surface area contributed by atoms with Gasteiger partial charge in [-0.2, -0.15) is 0 Å². The average Bonchev–Trinajstić information content (AvgIpc) is 2.88. The number of alkyl carbamates (subject to hydrolysis) is 1. The Bertz CT molecular complexity index is 1160. The molecular formula is C32H46N4O6. The lowest BCUT2D eigenvalue weighted by Crippen LogP contribution is -2.57. The molecule has 0 heterocycles. The van der Waals surface area contributed by atoms with E-state index < -0.39 is 35.4 Å². The van der Waals surface area contributed by atoms with Crippen molar-refractivity contribution in [2.24, 2.45) is 0 Å². The summed E-state index contributed by atoms with van der Waals surface area (Å²) < 4.78 is 5.33. The molecule has 0 unspecified atom stereocenters. The van der Waals surface area contributed by atoms with Crippen molar-refractivity contribution in [3.8, 4) is 0 Å². The van der Waals surface area contributed by atoms with Crippen LogP contribution < -0.4 is 16.0 Å². The molecule has 10 nitrogen and oxygen atoms in total. The Hall–Kier alpha value is -4.08. The van der Waals surface area contributed by atoms with Crippen LogP contribution in [0.2, 0.25) is 0 Å². The molecule has 0 aromatic heterocycles. The molecule has 10 heteroatoms. The van der Waals surface area contributed by atoms with E-state index in [0.717, 1.165) is 11.1 Å². The van der Waals surface area contributed by atoms with Gasteiger partial charge in [-0.05, 0) is 65.5 Å². The Morgan fingerprint density at radius 1 is 0.762 bits per heavy atom. The molecule has 2 atom stereocenters. The van der Waals surface area contributed by atoms with Gasteiger partial charge in [0.1, 0.15) is 17.7 Å². The lowest BCUT2D eigenvalue weighted by Gasteiger charge is -2.39. The molecule has 0 bridgehead atoms. The molecule has 0 saturated carbocycles. The molecule has 2 rings (SSSR count). The van der Waals surface area contributed by atoms with Gasteiger partial charge in [0.2, 0.25) is 11.8 Å². The summed E-state index contributed by atoms with van der Waals surface area (Å²) in [6.45, 7) is 11.2. The lowest BCUT2D eigenvalue weighted by atomic mass is 9.98. The van der Waals surface area contributed by atoms with E-state index in [9.17, 15) is 24.3 Å². The smallest absolute Gasteiger partial charge is 0.408 e. The topological polar surface area (TPSA) is 137 Å². The third kappa shape index (κ3) is 12.2. The number of benzene rings is 2. The van der Waals surface area contributed by atoms with Gasteiger partial charge in [0.25, 0.3) is 0 Å². The standard InChI is InChI=1S/C32H46N4O6/c1-31(2,3)36(30(40)41)26(22-24-17-11-8-12-18-24)28(38)34-20-14-13-19-33-27(37)25(21-23-15-9-7-10-16-23)35-29(39)42-32(4,5)6/h7-12,15-18,25-26H,13-14,19-22H2,1-6H3,(H,33,37)(H,34,38)(H,35,39)(H,40,41)/t25-,26-/m0/s1. The minimum atomic E-state index is -1.16. The van der Waals surface area contributed by atoms with Gasteiger partial charge in [-0.25, -0.2) is 9.59 Å². The molecule has 0 aliphatic rings. The highest BCUT2D eigenvalue weighted by Crippen LogP contribution is 2.21. The van der Waals surface area contributed by atoms with E-state index in [1.54, 1.807) is 41.5 Å². The summed E-state index contributed by atoms with van der Waals surface area (Å²) >= 11 is 0. The van der Waals surface area contributed by atoms with Crippen LogP contribution in [0.5, 0.6) is 0 Å². The number of nitrogens with one attached hydrogen (secondary N) is 3. The van der Waals surface area contributed by atoms with E-state index in [4.69, 9.17) is 4.74 Å². The highest BCUT2D eigenvalue weighted by Gasteiger charge is 2.37. The molecule has 42 heavy (non-hydrogen) atoms. The fourth-order valence-corrected chi connectivity index (χ4v) is 4.45. The van der Waals surface area contributed by atoms with E-state index >= 15 is 0 Å². The van der Waals surface area contributed by atoms with Crippen LogP contribution in [0.4, 0.5) is 9.59 Å². The first-order valence-electron chi connectivity index (χ1n) is 14.3. The fraction of sp³-hybridized carbons (Fsp3) is 0.500. The van der Waals surface area contributed by atoms with E-state index in [1.165, 1.54) is 4.90 Å². The van der Waals surface area contributed by atoms with E-state index in [2.05, 4.69) is 16.0 Å². The van der Waals surface area contributed by atoms with Crippen molar-refractivity contribution < 1.29 is 29.0 Å². The predicted octanol–water partition coefficient (Wildman–Crippen LogP) is 4.52. The number of rotatable bonds is 13. The molecule has 0 radical (unpaired) electrons. The van der Waals surface area contributed by atoms with Gasteiger partial charge in [-0.15, -0.1) is 0 Å². The Labute approximate surface area is 249 Å². The van der Waals surface area contributed by atoms with Crippen LogP contribution in [0.15, 0.2) is 60.7 Å². The number of carboxylic acid groups (broad SMARTS) is 1. The van der Waals surface area contributed by atoms with Crippen molar-refractivity contribution >= 4 is 24.0 Å². The summed E-state index contributed by atoms with van der Waals surface area (Å²) in [5.41, 5.74) is 0.279. The Kier molecular flexibility index (Phi) is 12.8. The molecule has 2 aromatic rings. The highest BCUT2D eigenvalue weighted by molar-refractivity contribution is 5.86. The first-order valence-corrected chi connectivity index (χ1v) is 14.3. The van der Waals surface area contributed by atoms with Crippen LogP contribution in [0, 0.1) is 0 Å². The van der Waals surface area contributed by atoms with Crippen molar-refractivity contribution in [1.82, 2.24) is 20.9 Å². The van der Waals surface area contributed by atoms with Crippen LogP contribution in [-0.2, 0) is 27.2 Å². The maximum absolute atomic E-state index is 13.2. The molecule has 230 valence electrons. The minimum Gasteiger partial charge on any atom is -0.465 e. The van der Waals surface area contributed by atoms with Gasteiger partial charge in [-0.1, -0.05) is 60.7 Å². The van der Waals surface area contributed by atoms with Crippen molar-refractivity contribution in [2.75, 3.05) is 13.1 Å². The predicted molar refractivity (Wildman–Crippen MR) is 162 cm³/mol. The number of ether oxygens (including phenoxy) is 1. The molecule has 0 aliphatic carbocycles. The van der Waals surface area contributed by atoms with Crippen molar-refractivity contribution in [3.63, 3.8) is 0 Å². The summed E-state index contributed by atoms with van der Waals surface area (Å²) in [7, 11) is 0. The second kappa shape index (κ2) is 15.8. The Morgan fingerprint density at radius 3 is 1.69 bits per heavy atom. The number of hydrogen-bond donors (Lipinski definition) is 4. The maximum atomic E-state index is 13.2. The minimum absolute atomic E-state index is 0.250.